The molecule has 0 fully saturated rings. The molecule has 3 heterocycles. The van der Waals surface area contributed by atoms with Crippen molar-refractivity contribution in [1.29, 1.82) is 0 Å². The van der Waals surface area contributed by atoms with Gasteiger partial charge < -0.3 is 14.5 Å². The lowest BCUT2D eigenvalue weighted by atomic mass is 10.1. The van der Waals surface area contributed by atoms with Gasteiger partial charge in [0, 0.05) is 29.1 Å². The molecule has 8 heteroatoms. The fourth-order valence-electron chi connectivity index (χ4n) is 3.54. The van der Waals surface area contributed by atoms with E-state index in [2.05, 4.69) is 22.2 Å². The van der Waals surface area contributed by atoms with Gasteiger partial charge in [0.05, 0.1) is 17.9 Å². The molecule has 1 aromatic carbocycles. The Morgan fingerprint density at radius 3 is 2.96 bits per heavy atom. The Kier molecular flexibility index (Phi) is 6.76. The molecule has 0 atom stereocenters. The molecule has 0 saturated heterocycles. The summed E-state index contributed by atoms with van der Waals surface area (Å²) in [7, 11) is 0. The number of amidine groups is 1. The van der Waals surface area contributed by atoms with Crippen molar-refractivity contribution in [2.24, 2.45) is 4.99 Å². The summed E-state index contributed by atoms with van der Waals surface area (Å²) in [5.74, 6) is 0.755. The van der Waals surface area contributed by atoms with Crippen LogP contribution >= 0.6 is 40.3 Å². The van der Waals surface area contributed by atoms with Crippen LogP contribution in [0, 0.1) is 0 Å². The van der Waals surface area contributed by atoms with Crippen LogP contribution in [0.4, 0.5) is 5.69 Å². The second-order valence-electron chi connectivity index (χ2n) is 6.63. The molecule has 3 aliphatic heterocycles. The number of carbonyl (C=O) groups excluding carboxylic acids is 1. The van der Waals surface area contributed by atoms with Gasteiger partial charge >= 0.3 is 0 Å². The second kappa shape index (κ2) is 8.88. The Labute approximate surface area is 179 Å². The molecular formula is C19H23BrClN3O2S. The Morgan fingerprint density at radius 1 is 1.30 bits per heavy atom. The summed E-state index contributed by atoms with van der Waals surface area (Å²) in [6.45, 7) is 4.65. The zero-order chi connectivity index (χ0) is 18.1. The number of hydrogen-bond acceptors (Lipinski definition) is 5. The molecule has 0 radical (unpaired) electrons. The van der Waals surface area contributed by atoms with E-state index in [1.165, 1.54) is 12.8 Å². The number of rotatable bonds is 6. The first-order valence-corrected chi connectivity index (χ1v) is 10.4. The monoisotopic (exact) mass is 471 g/mol. The van der Waals surface area contributed by atoms with Crippen LogP contribution in [0.5, 0.6) is 5.75 Å². The highest BCUT2D eigenvalue weighted by Gasteiger charge is 2.33. The molecule has 27 heavy (non-hydrogen) atoms. The van der Waals surface area contributed by atoms with Gasteiger partial charge in [-0.15, -0.1) is 17.0 Å². The zero-order valence-electron chi connectivity index (χ0n) is 15.2. The molecular weight excluding hydrogens is 450 g/mol. The first kappa shape index (κ1) is 20.6. The Bertz CT molecular complexity index is 799. The van der Waals surface area contributed by atoms with E-state index >= 15 is 0 Å². The van der Waals surface area contributed by atoms with Gasteiger partial charge in [0.2, 0.25) is 0 Å². The SMILES string of the molecule is Br.CCCCCCN1C(=O)COc2c(C3=CSC4=NCCN34)cc(Cl)cc21. The minimum atomic E-state index is 0. The Hall–Kier alpha value is -1.18. The highest BCUT2D eigenvalue weighted by molar-refractivity contribution is 8.93. The van der Waals surface area contributed by atoms with E-state index in [0.717, 1.165) is 53.8 Å². The molecule has 0 spiro atoms. The van der Waals surface area contributed by atoms with Crippen LogP contribution in [0.2, 0.25) is 5.02 Å². The number of amides is 1. The number of fused-ring (bicyclic) bond motifs is 2. The number of halogens is 2. The highest BCUT2D eigenvalue weighted by Crippen LogP contribution is 2.45. The van der Waals surface area contributed by atoms with E-state index in [-0.39, 0.29) is 29.5 Å². The predicted octanol–water partition coefficient (Wildman–Crippen LogP) is 4.94. The fourth-order valence-corrected chi connectivity index (χ4v) is 4.71. The molecule has 0 bridgehead atoms. The second-order valence-corrected chi connectivity index (χ2v) is 7.91. The minimum absolute atomic E-state index is 0. The van der Waals surface area contributed by atoms with E-state index in [0.29, 0.717) is 11.6 Å². The maximum Gasteiger partial charge on any atom is 0.265 e. The Morgan fingerprint density at radius 2 is 2.15 bits per heavy atom. The fraction of sp³-hybridized carbons (Fsp3) is 0.474. The van der Waals surface area contributed by atoms with Crippen LogP contribution < -0.4 is 9.64 Å². The third kappa shape index (κ3) is 4.00. The molecule has 0 aliphatic carbocycles. The first-order valence-electron chi connectivity index (χ1n) is 9.15. The third-order valence-electron chi connectivity index (χ3n) is 4.85. The number of nitrogens with zero attached hydrogens (tertiary/aromatic N) is 3. The number of aliphatic imine (C=N–C) groups is 1. The van der Waals surface area contributed by atoms with Gasteiger partial charge in [0.25, 0.3) is 5.91 Å². The van der Waals surface area contributed by atoms with Crippen LogP contribution in [0.25, 0.3) is 5.70 Å². The summed E-state index contributed by atoms with van der Waals surface area (Å²) in [6, 6.07) is 3.78. The number of carbonyl (C=O) groups is 1. The standard InChI is InChI=1S/C19H22ClN3O2S.BrH/c1-2-3-4-5-7-22-15-10-13(20)9-14(18(15)25-11-17(22)24)16-12-26-19-21-6-8-23(16)19;/h9-10,12H,2-8,11H2,1H3;1H. The van der Waals surface area contributed by atoms with Crippen LogP contribution in [0.1, 0.15) is 38.2 Å². The number of thioether (sulfide) groups is 1. The average molecular weight is 473 g/mol. The van der Waals surface area contributed by atoms with Gasteiger partial charge in [-0.1, -0.05) is 49.5 Å². The van der Waals surface area contributed by atoms with Gasteiger partial charge in [-0.25, -0.2) is 0 Å². The lowest BCUT2D eigenvalue weighted by Crippen LogP contribution is -2.39. The van der Waals surface area contributed by atoms with Gasteiger partial charge in [0.15, 0.2) is 17.5 Å². The van der Waals surface area contributed by atoms with E-state index < -0.39 is 0 Å². The molecule has 4 rings (SSSR count). The largest absolute Gasteiger partial charge is 0.481 e. The number of ether oxygens (including phenoxy) is 1. The normalized spacial score (nSPS) is 17.8. The van der Waals surface area contributed by atoms with E-state index in [4.69, 9.17) is 16.3 Å². The van der Waals surface area contributed by atoms with Crippen molar-refractivity contribution in [2.45, 2.75) is 32.6 Å². The van der Waals surface area contributed by atoms with E-state index in [1.54, 1.807) is 11.8 Å². The molecule has 1 amide bonds. The molecule has 3 aliphatic rings. The third-order valence-corrected chi connectivity index (χ3v) is 5.97. The lowest BCUT2D eigenvalue weighted by Gasteiger charge is -2.32. The van der Waals surface area contributed by atoms with Crippen LogP contribution in [0.3, 0.4) is 0 Å². The number of anilines is 1. The highest BCUT2D eigenvalue weighted by atomic mass is 79.9. The summed E-state index contributed by atoms with van der Waals surface area (Å²) in [6.07, 6.45) is 4.48. The molecule has 1 aromatic rings. The van der Waals surface area contributed by atoms with Crippen molar-refractivity contribution in [3.05, 3.63) is 28.1 Å². The number of hydrogen-bond donors (Lipinski definition) is 0. The molecule has 0 unspecified atom stereocenters. The van der Waals surface area contributed by atoms with Gasteiger partial charge in [-0.3, -0.25) is 9.79 Å². The maximum absolute atomic E-state index is 12.5. The predicted molar refractivity (Wildman–Crippen MR) is 118 cm³/mol. The smallest absolute Gasteiger partial charge is 0.265 e. The summed E-state index contributed by atoms with van der Waals surface area (Å²) in [5, 5.41) is 3.73. The van der Waals surface area contributed by atoms with Crippen molar-refractivity contribution >= 4 is 62.8 Å². The summed E-state index contributed by atoms with van der Waals surface area (Å²) >= 11 is 8.05. The quantitative estimate of drug-likeness (QED) is 0.550. The molecule has 5 nitrogen and oxygen atoms in total. The Balaban J connectivity index is 0.00000210. The van der Waals surface area contributed by atoms with Gasteiger partial charge in [-0.05, 0) is 18.6 Å². The topological polar surface area (TPSA) is 45.1 Å². The summed E-state index contributed by atoms with van der Waals surface area (Å²) < 4.78 is 5.87. The van der Waals surface area contributed by atoms with E-state index in [9.17, 15) is 4.79 Å². The van der Waals surface area contributed by atoms with Crippen molar-refractivity contribution in [2.75, 3.05) is 31.1 Å². The zero-order valence-corrected chi connectivity index (χ0v) is 18.5. The molecule has 0 saturated carbocycles. The van der Waals surface area contributed by atoms with Crippen molar-refractivity contribution in [3.8, 4) is 5.75 Å². The van der Waals surface area contributed by atoms with E-state index in [1.807, 2.05) is 17.0 Å². The molecule has 0 N–H and O–H groups in total. The van der Waals surface area contributed by atoms with Crippen LogP contribution in [0.15, 0.2) is 22.5 Å². The molecule has 0 aromatic heterocycles. The van der Waals surface area contributed by atoms with Crippen LogP contribution in [-0.2, 0) is 4.79 Å². The average Bonchev–Trinajstić information content (AvgIpc) is 3.23. The lowest BCUT2D eigenvalue weighted by molar-refractivity contribution is -0.121. The summed E-state index contributed by atoms with van der Waals surface area (Å²) in [4.78, 5) is 21.0. The van der Waals surface area contributed by atoms with Gasteiger partial charge in [0.1, 0.15) is 0 Å². The van der Waals surface area contributed by atoms with Crippen molar-refractivity contribution in [1.82, 2.24) is 4.90 Å². The first-order chi connectivity index (χ1) is 12.7. The minimum Gasteiger partial charge on any atom is -0.481 e. The van der Waals surface area contributed by atoms with Gasteiger partial charge in [-0.2, -0.15) is 0 Å². The van der Waals surface area contributed by atoms with Crippen LogP contribution in [-0.4, -0.2) is 42.2 Å². The number of unbranched alkanes of at least 4 members (excludes halogenated alkanes) is 3. The number of benzene rings is 1. The van der Waals surface area contributed by atoms with Crippen molar-refractivity contribution < 1.29 is 9.53 Å². The molecule has 146 valence electrons. The summed E-state index contributed by atoms with van der Waals surface area (Å²) in [5.41, 5.74) is 2.79. The maximum atomic E-state index is 12.5. The van der Waals surface area contributed by atoms with Crippen molar-refractivity contribution in [3.63, 3.8) is 0 Å².